The average Bonchev–Trinajstić information content (AvgIpc) is 3.09. The average molecular weight is 736 g/mol. The lowest BCUT2D eigenvalue weighted by Crippen LogP contribution is -2.47. The van der Waals surface area contributed by atoms with Crippen molar-refractivity contribution in [1.29, 1.82) is 0 Å². The Hall–Kier alpha value is -3.85. The number of carbonyl (C=O) groups is 1. The highest BCUT2D eigenvalue weighted by molar-refractivity contribution is 7.92. The first kappa shape index (κ1) is 39.9. The lowest BCUT2D eigenvalue weighted by atomic mass is 10.0. The Morgan fingerprint density at radius 1 is 1.06 bits per heavy atom. The van der Waals surface area contributed by atoms with Crippen LogP contribution in [0.25, 0.3) is 0 Å². The minimum absolute atomic E-state index is 0.0123. The number of aliphatic hydroxyl groups is 1. The molecule has 1 amide bonds. The number of fused-ring (bicyclic) bond motifs is 1. The van der Waals surface area contributed by atoms with Crippen molar-refractivity contribution in [2.24, 2.45) is 5.92 Å². The van der Waals surface area contributed by atoms with Gasteiger partial charge in [0.2, 0.25) is 0 Å². The highest BCUT2D eigenvalue weighted by Crippen LogP contribution is 2.31. The van der Waals surface area contributed by atoms with E-state index in [0.29, 0.717) is 43.2 Å². The maximum Gasteiger partial charge on any atom is 0.416 e. The number of carbonyl (C=O) groups excluding carboxylic acids is 1. The first-order valence-electron chi connectivity index (χ1n) is 17.0. The second kappa shape index (κ2) is 17.6. The van der Waals surface area contributed by atoms with Crippen molar-refractivity contribution in [3.8, 4) is 11.5 Å². The molecule has 0 spiro atoms. The number of ether oxygens (including phenoxy) is 3. The Bertz CT molecular complexity index is 1690. The van der Waals surface area contributed by atoms with Gasteiger partial charge in [-0.15, -0.1) is 0 Å². The van der Waals surface area contributed by atoms with E-state index in [-0.39, 0.29) is 47.4 Å². The van der Waals surface area contributed by atoms with E-state index < -0.39 is 33.7 Å². The smallest absolute Gasteiger partial charge is 0.416 e. The molecule has 1 aliphatic heterocycles. The Morgan fingerprint density at radius 2 is 1.75 bits per heavy atom. The molecule has 4 atom stereocenters. The summed E-state index contributed by atoms with van der Waals surface area (Å²) < 4.78 is 86.1. The Labute approximate surface area is 298 Å². The third kappa shape index (κ3) is 11.1. The topological polar surface area (TPSA) is 118 Å². The van der Waals surface area contributed by atoms with E-state index in [4.69, 9.17) is 14.2 Å². The number of hydrogen-bond acceptors (Lipinski definition) is 8. The molecule has 51 heavy (non-hydrogen) atoms. The molecular formula is C37H48F3N3O7S. The van der Waals surface area contributed by atoms with Gasteiger partial charge in [-0.2, -0.15) is 13.2 Å². The predicted octanol–water partition coefficient (Wildman–Crippen LogP) is 6.44. The molecule has 3 aromatic rings. The maximum atomic E-state index is 14.4. The van der Waals surface area contributed by atoms with E-state index in [1.54, 1.807) is 19.1 Å². The van der Waals surface area contributed by atoms with E-state index in [0.717, 1.165) is 25.0 Å². The third-order valence-corrected chi connectivity index (χ3v) is 10.3. The van der Waals surface area contributed by atoms with Gasteiger partial charge >= 0.3 is 6.18 Å². The SMILES string of the molecule is COc1ccc(S(=O)(=O)Nc2ccc3c(c2)C(=O)N([C@H](C)CO)C[C@H](C)[C@@H](CN(C)Cc2ccc(C(F)(F)F)cc2)OCCCC[C@H](C)O3)cc1. The van der Waals surface area contributed by atoms with Crippen LogP contribution in [0.1, 0.15) is 61.5 Å². The molecule has 0 aromatic heterocycles. The molecule has 0 fully saturated rings. The van der Waals surface area contributed by atoms with Crippen LogP contribution in [-0.4, -0.2) is 87.9 Å². The number of sulfonamides is 1. The van der Waals surface area contributed by atoms with Crippen LogP contribution < -0.4 is 14.2 Å². The van der Waals surface area contributed by atoms with Gasteiger partial charge in [-0.3, -0.25) is 14.4 Å². The van der Waals surface area contributed by atoms with Crippen LogP contribution in [0.5, 0.6) is 11.5 Å². The number of hydrogen-bond donors (Lipinski definition) is 2. The molecule has 0 saturated carbocycles. The normalized spacial score (nSPS) is 20.2. The van der Waals surface area contributed by atoms with E-state index in [9.17, 15) is 31.5 Å². The third-order valence-electron chi connectivity index (χ3n) is 8.90. The molecule has 14 heteroatoms. The second-order valence-corrected chi connectivity index (χ2v) is 14.9. The summed E-state index contributed by atoms with van der Waals surface area (Å²) in [4.78, 5) is 17.9. The summed E-state index contributed by atoms with van der Waals surface area (Å²) in [6, 6.07) is 14.9. The summed E-state index contributed by atoms with van der Waals surface area (Å²) in [6.07, 6.45) is -2.81. The van der Waals surface area contributed by atoms with Crippen molar-refractivity contribution in [2.75, 3.05) is 45.2 Å². The van der Waals surface area contributed by atoms with Crippen LogP contribution in [0, 0.1) is 5.92 Å². The summed E-state index contributed by atoms with van der Waals surface area (Å²) in [7, 11) is -0.672. The molecule has 0 saturated heterocycles. The Morgan fingerprint density at radius 3 is 2.37 bits per heavy atom. The van der Waals surface area contributed by atoms with Gasteiger partial charge in [-0.25, -0.2) is 8.42 Å². The number of anilines is 1. The van der Waals surface area contributed by atoms with E-state index in [2.05, 4.69) is 4.72 Å². The fraction of sp³-hybridized carbons (Fsp3) is 0.486. The molecule has 0 unspecified atom stereocenters. The minimum atomic E-state index is -4.41. The predicted molar refractivity (Wildman–Crippen MR) is 188 cm³/mol. The number of benzene rings is 3. The molecular weight excluding hydrogens is 687 g/mol. The van der Waals surface area contributed by atoms with Gasteiger partial charge in [0, 0.05) is 37.8 Å². The minimum Gasteiger partial charge on any atom is -0.497 e. The summed E-state index contributed by atoms with van der Waals surface area (Å²) in [6.45, 7) is 6.73. The van der Waals surface area contributed by atoms with Crippen LogP contribution in [0.3, 0.4) is 0 Å². The van der Waals surface area contributed by atoms with Crippen molar-refractivity contribution in [3.63, 3.8) is 0 Å². The van der Waals surface area contributed by atoms with Gasteiger partial charge in [0.05, 0.1) is 48.0 Å². The number of aliphatic hydroxyl groups excluding tert-OH is 1. The lowest BCUT2D eigenvalue weighted by Gasteiger charge is -2.36. The zero-order valence-corrected chi connectivity index (χ0v) is 30.5. The van der Waals surface area contributed by atoms with E-state index >= 15 is 0 Å². The number of alkyl halides is 3. The van der Waals surface area contributed by atoms with Gasteiger partial charge in [0.25, 0.3) is 15.9 Å². The molecule has 0 aliphatic carbocycles. The summed E-state index contributed by atoms with van der Waals surface area (Å²) in [5, 5.41) is 10.2. The molecule has 10 nitrogen and oxygen atoms in total. The number of amides is 1. The highest BCUT2D eigenvalue weighted by atomic mass is 32.2. The highest BCUT2D eigenvalue weighted by Gasteiger charge is 2.32. The van der Waals surface area contributed by atoms with Crippen LogP contribution in [0.2, 0.25) is 0 Å². The maximum absolute atomic E-state index is 14.4. The molecule has 2 N–H and O–H groups in total. The van der Waals surface area contributed by atoms with Gasteiger partial charge in [-0.05, 0) is 100 Å². The number of methoxy groups -OCH3 is 1. The first-order valence-corrected chi connectivity index (χ1v) is 18.4. The van der Waals surface area contributed by atoms with Crippen LogP contribution in [0.15, 0.2) is 71.6 Å². The molecule has 0 radical (unpaired) electrons. The Balaban J connectivity index is 1.61. The van der Waals surface area contributed by atoms with Gasteiger partial charge in [-0.1, -0.05) is 19.1 Å². The fourth-order valence-electron chi connectivity index (χ4n) is 5.90. The molecule has 0 bridgehead atoms. The largest absolute Gasteiger partial charge is 0.497 e. The van der Waals surface area contributed by atoms with E-state index in [1.807, 2.05) is 25.8 Å². The monoisotopic (exact) mass is 735 g/mol. The van der Waals surface area contributed by atoms with Crippen LogP contribution in [-0.2, 0) is 27.5 Å². The number of nitrogens with zero attached hydrogens (tertiary/aromatic N) is 2. The summed E-state index contributed by atoms with van der Waals surface area (Å²) >= 11 is 0. The number of likely N-dealkylation sites (N-methyl/N-ethyl adjacent to an activating group) is 1. The standard InChI is InChI=1S/C37H48F3N3O7S/c1-25-21-43(26(2)24-44)36(45)33-20-30(41-51(46,47)32-16-14-31(48-5)15-17-32)13-18-34(33)50-27(3)8-6-7-19-49-35(25)23-42(4)22-28-9-11-29(12-10-28)37(38,39)40/h9-18,20,25-27,35,41,44H,6-8,19,21-24H2,1-5H3/t25-,26+,27-,35+/m0/s1. The van der Waals surface area contributed by atoms with Crippen LogP contribution in [0.4, 0.5) is 18.9 Å². The molecule has 1 aliphatic rings. The molecule has 4 rings (SSSR count). The van der Waals surface area contributed by atoms with E-state index in [1.165, 1.54) is 54.5 Å². The zero-order valence-electron chi connectivity index (χ0n) is 29.7. The second-order valence-electron chi connectivity index (χ2n) is 13.2. The molecule has 1 heterocycles. The fourth-order valence-corrected chi connectivity index (χ4v) is 6.95. The number of nitrogens with one attached hydrogen (secondary N) is 1. The summed E-state index contributed by atoms with van der Waals surface area (Å²) in [5.74, 6) is 0.109. The lowest BCUT2D eigenvalue weighted by molar-refractivity contribution is -0.137. The van der Waals surface area contributed by atoms with Crippen molar-refractivity contribution in [2.45, 2.75) is 75.9 Å². The van der Waals surface area contributed by atoms with Crippen molar-refractivity contribution >= 4 is 21.6 Å². The Kier molecular flexibility index (Phi) is 13.8. The van der Waals surface area contributed by atoms with Crippen molar-refractivity contribution in [1.82, 2.24) is 9.80 Å². The van der Waals surface area contributed by atoms with Gasteiger partial charge in [0.1, 0.15) is 11.5 Å². The van der Waals surface area contributed by atoms with Gasteiger partial charge in [0.15, 0.2) is 0 Å². The zero-order chi connectivity index (χ0) is 37.3. The summed E-state index contributed by atoms with van der Waals surface area (Å²) in [5.41, 5.74) is 0.306. The number of halogens is 3. The quantitative estimate of drug-likeness (QED) is 0.245. The first-order chi connectivity index (χ1) is 24.1. The van der Waals surface area contributed by atoms with Crippen LogP contribution >= 0.6 is 0 Å². The molecule has 280 valence electrons. The van der Waals surface area contributed by atoms with Gasteiger partial charge < -0.3 is 24.2 Å². The van der Waals surface area contributed by atoms with Crippen molar-refractivity contribution < 1.29 is 45.7 Å². The van der Waals surface area contributed by atoms with Crippen molar-refractivity contribution in [3.05, 3.63) is 83.4 Å². The molecule has 3 aromatic carbocycles. The number of rotatable bonds is 10.